The van der Waals surface area contributed by atoms with Gasteiger partial charge in [-0.1, -0.05) is 23.7 Å². The molecule has 0 atom stereocenters. The van der Waals surface area contributed by atoms with Crippen molar-refractivity contribution in [3.63, 3.8) is 0 Å². The smallest absolute Gasteiger partial charge is 0.308 e. The molecule has 1 N–H and O–H groups in total. The summed E-state index contributed by atoms with van der Waals surface area (Å²) in [5, 5.41) is 3.31. The molecule has 1 saturated carbocycles. The molecule has 1 aliphatic carbocycles. The van der Waals surface area contributed by atoms with Crippen molar-refractivity contribution < 1.29 is 26.4 Å². The molecule has 2 fully saturated rings. The fourth-order valence-corrected chi connectivity index (χ4v) is 6.11. The monoisotopic (exact) mass is 528 g/mol. The number of alkyl halides is 3. The Balaban J connectivity index is 1.20. The molecule has 2 heterocycles. The average molecular weight is 529 g/mol. The maximum absolute atomic E-state index is 13.1. The highest BCUT2D eigenvalue weighted by atomic mass is 35.5. The molecule has 2 aromatic rings. The molecule has 0 radical (unpaired) electrons. The number of likely N-dealkylation sites (tertiary alicyclic amines) is 1. The number of sulfonamides is 1. The SMILES string of the molecule is CN1c2cc(C(=O)NS(=O)(=O)C3CC3)ccc2CN1C1CN(Cc2ccc(Cl)c(C(F)(F)F)c2)C1. The number of carbonyl (C=O) groups excluding carboxylic acids is 1. The number of fused-ring (bicyclic) bond motifs is 1. The van der Waals surface area contributed by atoms with Crippen molar-refractivity contribution >= 4 is 33.2 Å². The minimum atomic E-state index is -4.49. The van der Waals surface area contributed by atoms with E-state index in [0.717, 1.165) is 17.3 Å². The maximum Gasteiger partial charge on any atom is 0.417 e. The largest absolute Gasteiger partial charge is 0.417 e. The van der Waals surface area contributed by atoms with Crippen molar-refractivity contribution in [3.05, 3.63) is 63.7 Å². The van der Waals surface area contributed by atoms with E-state index in [0.29, 0.717) is 44.6 Å². The molecule has 12 heteroatoms. The van der Waals surface area contributed by atoms with E-state index in [1.165, 1.54) is 6.07 Å². The number of amides is 1. The fourth-order valence-electron chi connectivity index (χ4n) is 4.59. The zero-order valence-corrected chi connectivity index (χ0v) is 20.4. The van der Waals surface area contributed by atoms with Crippen LogP contribution < -0.4 is 9.73 Å². The van der Waals surface area contributed by atoms with Crippen LogP contribution in [0.2, 0.25) is 5.02 Å². The minimum absolute atomic E-state index is 0.161. The third kappa shape index (κ3) is 4.87. The summed E-state index contributed by atoms with van der Waals surface area (Å²) in [6, 6.07) is 9.30. The van der Waals surface area contributed by atoms with Gasteiger partial charge in [-0.3, -0.25) is 9.69 Å². The van der Waals surface area contributed by atoms with E-state index in [9.17, 15) is 26.4 Å². The molecule has 7 nitrogen and oxygen atoms in total. The van der Waals surface area contributed by atoms with Gasteiger partial charge in [0.1, 0.15) is 0 Å². The van der Waals surface area contributed by atoms with Gasteiger partial charge in [-0.05, 0) is 48.2 Å². The number of halogens is 4. The summed E-state index contributed by atoms with van der Waals surface area (Å²) in [5.41, 5.74) is 1.84. The quantitative estimate of drug-likeness (QED) is 0.617. The van der Waals surface area contributed by atoms with Crippen molar-refractivity contribution in [1.82, 2.24) is 14.6 Å². The molecule has 0 unspecified atom stereocenters. The first-order valence-corrected chi connectivity index (χ1v) is 13.1. The van der Waals surface area contributed by atoms with E-state index in [-0.39, 0.29) is 16.6 Å². The second-order valence-corrected chi connectivity index (χ2v) is 11.7. The van der Waals surface area contributed by atoms with Crippen LogP contribution in [0.3, 0.4) is 0 Å². The molecule has 2 aromatic carbocycles. The predicted octanol–water partition coefficient (Wildman–Crippen LogP) is 3.63. The van der Waals surface area contributed by atoms with Gasteiger partial charge in [0.05, 0.1) is 27.6 Å². The van der Waals surface area contributed by atoms with E-state index in [1.807, 2.05) is 18.1 Å². The summed E-state index contributed by atoms with van der Waals surface area (Å²) in [5.74, 6) is -0.637. The maximum atomic E-state index is 13.1. The summed E-state index contributed by atoms with van der Waals surface area (Å²) in [6.45, 7) is 2.37. The second kappa shape index (κ2) is 8.65. The van der Waals surface area contributed by atoms with Crippen molar-refractivity contribution in [2.24, 2.45) is 0 Å². The molecule has 2 aliphatic heterocycles. The molecule has 3 aliphatic rings. The van der Waals surface area contributed by atoms with E-state index in [2.05, 4.69) is 14.6 Å². The van der Waals surface area contributed by atoms with Gasteiger partial charge in [0, 0.05) is 38.8 Å². The lowest BCUT2D eigenvalue weighted by atomic mass is 10.0. The van der Waals surface area contributed by atoms with Gasteiger partial charge in [-0.25, -0.2) is 18.1 Å². The third-order valence-corrected chi connectivity index (χ3v) is 8.86. The third-order valence-electron chi connectivity index (χ3n) is 6.71. The fraction of sp³-hybridized carbons (Fsp3) is 0.435. The lowest BCUT2D eigenvalue weighted by molar-refractivity contribution is -0.137. The topological polar surface area (TPSA) is 73.0 Å². The van der Waals surface area contributed by atoms with E-state index in [1.54, 1.807) is 18.2 Å². The minimum Gasteiger partial charge on any atom is -0.308 e. The second-order valence-electron chi connectivity index (χ2n) is 9.30. The van der Waals surface area contributed by atoms with Crippen LogP contribution in [0.25, 0.3) is 0 Å². The Morgan fingerprint density at radius 3 is 2.51 bits per heavy atom. The summed E-state index contributed by atoms with van der Waals surface area (Å²) in [4.78, 5) is 14.6. The van der Waals surface area contributed by atoms with Crippen molar-refractivity contribution in [2.75, 3.05) is 25.1 Å². The zero-order chi connectivity index (χ0) is 25.1. The standard InChI is InChI=1S/C23H24ClF3N4O3S/c1-29-21-9-15(22(32)28-35(33,34)18-5-6-18)3-4-16(21)11-31(29)17-12-30(13-17)10-14-2-7-20(24)19(8-14)23(25,26)27/h2-4,7-9,17-18H,5-6,10-13H2,1H3,(H,28,32). The molecule has 35 heavy (non-hydrogen) atoms. The molecule has 1 saturated heterocycles. The van der Waals surface area contributed by atoms with Crippen LogP contribution in [0, 0.1) is 0 Å². The Kier molecular flexibility index (Phi) is 6.02. The number of hydrazine groups is 1. The molecular weight excluding hydrogens is 505 g/mol. The van der Waals surface area contributed by atoms with Crippen LogP contribution in [0.4, 0.5) is 18.9 Å². The molecular formula is C23H24ClF3N4O3S. The molecule has 0 bridgehead atoms. The number of benzene rings is 2. The molecule has 0 spiro atoms. The van der Waals surface area contributed by atoms with Crippen LogP contribution in [0.5, 0.6) is 0 Å². The number of anilines is 1. The van der Waals surface area contributed by atoms with Crippen molar-refractivity contribution in [2.45, 2.75) is 43.4 Å². The summed E-state index contributed by atoms with van der Waals surface area (Å²) in [7, 11) is -1.74. The highest BCUT2D eigenvalue weighted by molar-refractivity contribution is 7.91. The van der Waals surface area contributed by atoms with Crippen LogP contribution >= 0.6 is 11.6 Å². The lowest BCUT2D eigenvalue weighted by Crippen LogP contribution is -2.61. The van der Waals surface area contributed by atoms with Gasteiger partial charge >= 0.3 is 6.18 Å². The molecule has 0 aromatic heterocycles. The number of carbonyl (C=O) groups is 1. The van der Waals surface area contributed by atoms with E-state index < -0.39 is 32.9 Å². The van der Waals surface area contributed by atoms with Crippen LogP contribution in [0.15, 0.2) is 36.4 Å². The first-order chi connectivity index (χ1) is 16.4. The number of hydrogen-bond acceptors (Lipinski definition) is 6. The van der Waals surface area contributed by atoms with Gasteiger partial charge in [0.15, 0.2) is 0 Å². The summed E-state index contributed by atoms with van der Waals surface area (Å²) >= 11 is 5.71. The van der Waals surface area contributed by atoms with Crippen molar-refractivity contribution in [3.8, 4) is 0 Å². The van der Waals surface area contributed by atoms with Crippen molar-refractivity contribution in [1.29, 1.82) is 0 Å². The highest BCUT2D eigenvalue weighted by Gasteiger charge is 2.40. The van der Waals surface area contributed by atoms with Gasteiger partial charge < -0.3 is 5.01 Å². The zero-order valence-electron chi connectivity index (χ0n) is 18.8. The summed E-state index contributed by atoms with van der Waals surface area (Å²) < 4.78 is 65.7. The molecule has 188 valence electrons. The van der Waals surface area contributed by atoms with Gasteiger partial charge in [-0.2, -0.15) is 13.2 Å². The van der Waals surface area contributed by atoms with Gasteiger partial charge in [0.2, 0.25) is 10.0 Å². The predicted molar refractivity (Wildman–Crippen MR) is 125 cm³/mol. The van der Waals surface area contributed by atoms with Crippen LogP contribution in [0.1, 0.15) is 39.9 Å². The normalized spacial score (nSPS) is 19.5. The Morgan fingerprint density at radius 1 is 1.14 bits per heavy atom. The van der Waals surface area contributed by atoms with Gasteiger partial charge in [-0.15, -0.1) is 0 Å². The molecule has 1 amide bonds. The molecule has 5 rings (SSSR count). The summed E-state index contributed by atoms with van der Waals surface area (Å²) in [6.07, 6.45) is -3.35. The first-order valence-electron chi connectivity index (χ1n) is 11.2. The number of hydrogen-bond donors (Lipinski definition) is 1. The number of nitrogens with one attached hydrogen (secondary N) is 1. The van der Waals surface area contributed by atoms with Crippen LogP contribution in [-0.2, 0) is 29.3 Å². The highest BCUT2D eigenvalue weighted by Crippen LogP contribution is 2.37. The number of rotatable bonds is 6. The van der Waals surface area contributed by atoms with E-state index in [4.69, 9.17) is 11.6 Å². The Hall–Kier alpha value is -2.34. The van der Waals surface area contributed by atoms with Gasteiger partial charge in [0.25, 0.3) is 5.91 Å². The van der Waals surface area contributed by atoms with E-state index >= 15 is 0 Å². The Morgan fingerprint density at radius 2 is 1.86 bits per heavy atom. The Bertz CT molecular complexity index is 1280. The lowest BCUT2D eigenvalue weighted by Gasteiger charge is -2.46. The Labute approximate surface area is 206 Å². The number of nitrogens with zero attached hydrogens (tertiary/aromatic N) is 3. The first kappa shape index (κ1) is 24.4. The average Bonchev–Trinajstić information content (AvgIpc) is 3.56. The van der Waals surface area contributed by atoms with Crippen LogP contribution in [-0.4, -0.2) is 55.7 Å².